The van der Waals surface area contributed by atoms with Crippen molar-refractivity contribution < 1.29 is 0 Å². The highest BCUT2D eigenvalue weighted by atomic mass is 15.2. The van der Waals surface area contributed by atoms with Crippen molar-refractivity contribution in [3.63, 3.8) is 0 Å². The number of benzene rings is 9. The summed E-state index contributed by atoms with van der Waals surface area (Å²) >= 11 is 0. The zero-order valence-corrected chi connectivity index (χ0v) is 32.8. The number of aromatic nitrogens is 3. The fourth-order valence-electron chi connectivity index (χ4n) is 9.71. The molecule has 0 spiro atoms. The molecule has 0 saturated carbocycles. The molecular formula is C55H38N4. The minimum Gasteiger partial charge on any atom is -0.310 e. The summed E-state index contributed by atoms with van der Waals surface area (Å²) in [7, 11) is 0. The zero-order valence-electron chi connectivity index (χ0n) is 32.8. The SMILES string of the molecule is CC1(C)c2ccccc2N(c2ccccc2)c2cc(-c3ccc4c(c3)c3c5ccccc5ccc3n4-c3nc(-c4ccccc4)c4ccc5ccccc5c4n3)ccc21. The first kappa shape index (κ1) is 33.6. The lowest BCUT2D eigenvalue weighted by molar-refractivity contribution is 0.632. The molecule has 9 aromatic carbocycles. The largest absolute Gasteiger partial charge is 0.310 e. The molecule has 3 heterocycles. The Balaban J connectivity index is 1.12. The molecule has 0 unspecified atom stereocenters. The van der Waals surface area contributed by atoms with Crippen molar-refractivity contribution in [3.8, 4) is 28.3 Å². The first-order valence-corrected chi connectivity index (χ1v) is 20.3. The Bertz CT molecular complexity index is 3470. The van der Waals surface area contributed by atoms with Gasteiger partial charge in [0.15, 0.2) is 0 Å². The van der Waals surface area contributed by atoms with Gasteiger partial charge in [-0.2, -0.15) is 0 Å². The second kappa shape index (κ2) is 12.7. The molecule has 4 nitrogen and oxygen atoms in total. The fraction of sp³-hybridized carbons (Fsp3) is 0.0545. The fourth-order valence-corrected chi connectivity index (χ4v) is 9.71. The number of para-hydroxylation sites is 2. The number of nitrogens with zero attached hydrogens (tertiary/aromatic N) is 4. The third-order valence-electron chi connectivity index (χ3n) is 12.6. The molecule has 278 valence electrons. The predicted octanol–water partition coefficient (Wildman–Crippen LogP) is 14.5. The first-order valence-electron chi connectivity index (χ1n) is 20.3. The molecule has 0 aliphatic carbocycles. The summed E-state index contributed by atoms with van der Waals surface area (Å²) < 4.78 is 2.28. The lowest BCUT2D eigenvalue weighted by atomic mass is 9.73. The number of rotatable bonds is 4. The van der Waals surface area contributed by atoms with Crippen LogP contribution in [0.2, 0.25) is 0 Å². The van der Waals surface area contributed by atoms with E-state index in [4.69, 9.17) is 9.97 Å². The van der Waals surface area contributed by atoms with Gasteiger partial charge in [0.2, 0.25) is 5.95 Å². The Morgan fingerprint density at radius 3 is 1.88 bits per heavy atom. The van der Waals surface area contributed by atoms with E-state index in [1.165, 1.54) is 49.6 Å². The average molecular weight is 755 g/mol. The molecule has 12 rings (SSSR count). The summed E-state index contributed by atoms with van der Waals surface area (Å²) in [4.78, 5) is 13.3. The third-order valence-corrected chi connectivity index (χ3v) is 12.6. The molecule has 11 aromatic rings. The van der Waals surface area contributed by atoms with Gasteiger partial charge in [-0.05, 0) is 86.9 Å². The van der Waals surface area contributed by atoms with Gasteiger partial charge in [-0.25, -0.2) is 9.97 Å². The summed E-state index contributed by atoms with van der Waals surface area (Å²) in [6.45, 7) is 4.69. The molecule has 1 aliphatic rings. The van der Waals surface area contributed by atoms with Crippen LogP contribution in [0.4, 0.5) is 17.1 Å². The van der Waals surface area contributed by atoms with Crippen LogP contribution >= 0.6 is 0 Å². The topological polar surface area (TPSA) is 34.0 Å². The Labute approximate surface area is 342 Å². The number of hydrogen-bond donors (Lipinski definition) is 0. The second-order valence-electron chi connectivity index (χ2n) is 16.2. The van der Waals surface area contributed by atoms with E-state index in [1.54, 1.807) is 0 Å². The van der Waals surface area contributed by atoms with Crippen LogP contribution in [0.5, 0.6) is 0 Å². The van der Waals surface area contributed by atoms with Crippen molar-refractivity contribution in [1.29, 1.82) is 0 Å². The van der Waals surface area contributed by atoms with Gasteiger partial charge in [0.25, 0.3) is 0 Å². The van der Waals surface area contributed by atoms with Gasteiger partial charge in [-0.3, -0.25) is 4.57 Å². The molecule has 0 amide bonds. The Morgan fingerprint density at radius 2 is 1.05 bits per heavy atom. The second-order valence-corrected chi connectivity index (χ2v) is 16.2. The van der Waals surface area contributed by atoms with Crippen LogP contribution in [0.15, 0.2) is 194 Å². The van der Waals surface area contributed by atoms with Crippen molar-refractivity contribution in [2.75, 3.05) is 4.90 Å². The molecule has 0 saturated heterocycles. The van der Waals surface area contributed by atoms with E-state index in [0.29, 0.717) is 5.95 Å². The minimum atomic E-state index is -0.171. The molecular weight excluding hydrogens is 717 g/mol. The van der Waals surface area contributed by atoms with Crippen LogP contribution < -0.4 is 4.90 Å². The van der Waals surface area contributed by atoms with Gasteiger partial charge >= 0.3 is 0 Å². The van der Waals surface area contributed by atoms with Gasteiger partial charge in [0.1, 0.15) is 0 Å². The van der Waals surface area contributed by atoms with E-state index >= 15 is 0 Å². The molecule has 0 radical (unpaired) electrons. The minimum absolute atomic E-state index is 0.171. The Kier molecular flexibility index (Phi) is 7.24. The van der Waals surface area contributed by atoms with Gasteiger partial charge in [-0.1, -0.05) is 159 Å². The smallest absolute Gasteiger partial charge is 0.235 e. The highest BCUT2D eigenvalue weighted by Gasteiger charge is 2.37. The molecule has 59 heavy (non-hydrogen) atoms. The maximum Gasteiger partial charge on any atom is 0.235 e. The van der Waals surface area contributed by atoms with Gasteiger partial charge < -0.3 is 4.90 Å². The summed E-state index contributed by atoms with van der Waals surface area (Å²) in [5.74, 6) is 0.656. The van der Waals surface area contributed by atoms with Crippen LogP contribution in [0.1, 0.15) is 25.0 Å². The molecule has 0 N–H and O–H groups in total. The monoisotopic (exact) mass is 754 g/mol. The summed E-state index contributed by atoms with van der Waals surface area (Å²) in [6.07, 6.45) is 0. The third kappa shape index (κ3) is 5.03. The van der Waals surface area contributed by atoms with Crippen LogP contribution in [-0.2, 0) is 5.41 Å². The van der Waals surface area contributed by atoms with Gasteiger partial charge in [0, 0.05) is 38.2 Å². The quantitative estimate of drug-likeness (QED) is 0.168. The highest BCUT2D eigenvalue weighted by Crippen LogP contribution is 2.53. The van der Waals surface area contributed by atoms with Crippen molar-refractivity contribution in [2.45, 2.75) is 19.3 Å². The van der Waals surface area contributed by atoms with Crippen LogP contribution in [0.3, 0.4) is 0 Å². The van der Waals surface area contributed by atoms with E-state index in [-0.39, 0.29) is 5.41 Å². The highest BCUT2D eigenvalue weighted by molar-refractivity contribution is 6.22. The summed E-state index contributed by atoms with van der Waals surface area (Å²) in [5.41, 5.74) is 13.4. The predicted molar refractivity (Wildman–Crippen MR) is 247 cm³/mol. The van der Waals surface area contributed by atoms with E-state index < -0.39 is 0 Å². The standard InChI is InChI=1S/C55H38N4/c1-55(2)45-23-13-14-24-48(45)58(40-19-7-4-8-20-40)50-34-39(26-30-46(50)55)38-28-31-47-44(33-38)51-41-21-11-9-15-35(41)27-32-49(51)59(47)54-56-52(37-17-5-3-6-18-37)43-29-25-36-16-10-12-22-42(36)53(43)57-54/h3-34H,1-2H3. The maximum absolute atomic E-state index is 5.46. The van der Waals surface area contributed by atoms with Crippen LogP contribution in [-0.4, -0.2) is 14.5 Å². The van der Waals surface area contributed by atoms with Crippen LogP contribution in [0.25, 0.3) is 82.6 Å². The summed E-state index contributed by atoms with van der Waals surface area (Å²) in [6, 6.07) is 70.1. The number of fused-ring (bicyclic) bond motifs is 10. The lowest BCUT2D eigenvalue weighted by Crippen LogP contribution is -2.30. The van der Waals surface area contributed by atoms with Crippen molar-refractivity contribution in [1.82, 2.24) is 14.5 Å². The Morgan fingerprint density at radius 1 is 0.424 bits per heavy atom. The molecule has 1 aliphatic heterocycles. The van der Waals surface area contributed by atoms with Crippen molar-refractivity contribution in [2.24, 2.45) is 0 Å². The van der Waals surface area contributed by atoms with Gasteiger partial charge in [0.05, 0.1) is 33.6 Å². The maximum atomic E-state index is 5.46. The zero-order chi connectivity index (χ0) is 39.2. The molecule has 0 atom stereocenters. The molecule has 0 fully saturated rings. The molecule has 2 aromatic heterocycles. The Hall–Kier alpha value is -7.56. The number of hydrogen-bond acceptors (Lipinski definition) is 3. The first-order chi connectivity index (χ1) is 29.0. The van der Waals surface area contributed by atoms with E-state index in [2.05, 4.69) is 217 Å². The van der Waals surface area contributed by atoms with E-state index in [1.807, 2.05) is 0 Å². The normalized spacial score (nSPS) is 13.4. The van der Waals surface area contributed by atoms with Gasteiger partial charge in [-0.15, -0.1) is 0 Å². The van der Waals surface area contributed by atoms with Crippen molar-refractivity contribution in [3.05, 3.63) is 205 Å². The number of anilines is 3. The molecule has 0 bridgehead atoms. The van der Waals surface area contributed by atoms with E-state index in [9.17, 15) is 0 Å². The lowest BCUT2D eigenvalue weighted by Gasteiger charge is -2.42. The van der Waals surface area contributed by atoms with Crippen LogP contribution in [0, 0.1) is 0 Å². The van der Waals surface area contributed by atoms with E-state index in [0.717, 1.165) is 55.2 Å². The summed E-state index contributed by atoms with van der Waals surface area (Å²) in [5, 5.41) is 8.08. The molecule has 4 heteroatoms. The van der Waals surface area contributed by atoms with Crippen molar-refractivity contribution >= 4 is 71.3 Å². The average Bonchev–Trinajstić information content (AvgIpc) is 3.63.